The zero-order chi connectivity index (χ0) is 19.8. The highest BCUT2D eigenvalue weighted by molar-refractivity contribution is 5.81. The van der Waals surface area contributed by atoms with Gasteiger partial charge in [-0.1, -0.05) is 24.3 Å². The fourth-order valence-corrected chi connectivity index (χ4v) is 3.37. The summed E-state index contributed by atoms with van der Waals surface area (Å²) < 4.78 is 5.61. The summed E-state index contributed by atoms with van der Waals surface area (Å²) in [7, 11) is 0. The predicted molar refractivity (Wildman–Crippen MR) is 107 cm³/mol. The van der Waals surface area contributed by atoms with Gasteiger partial charge in [0.25, 0.3) is 0 Å². The first kappa shape index (κ1) is 19.9. The van der Waals surface area contributed by atoms with Crippen LogP contribution in [0.2, 0.25) is 0 Å². The van der Waals surface area contributed by atoms with E-state index in [4.69, 9.17) is 4.74 Å². The van der Waals surface area contributed by atoms with Gasteiger partial charge in [0.1, 0.15) is 5.75 Å². The third-order valence-electron chi connectivity index (χ3n) is 4.86. The molecule has 28 heavy (non-hydrogen) atoms. The molecule has 1 aromatic heterocycles. The van der Waals surface area contributed by atoms with Crippen LogP contribution in [0.1, 0.15) is 30.7 Å². The monoisotopic (exact) mass is 381 g/mol. The maximum atomic E-state index is 12.5. The quantitative estimate of drug-likeness (QED) is 0.800. The second-order valence-electron chi connectivity index (χ2n) is 7.08. The Bertz CT molecular complexity index is 795. The van der Waals surface area contributed by atoms with Crippen LogP contribution in [0.4, 0.5) is 0 Å². The van der Waals surface area contributed by atoms with Gasteiger partial charge in [0.05, 0.1) is 31.2 Å². The van der Waals surface area contributed by atoms with Gasteiger partial charge in [-0.15, -0.1) is 0 Å². The molecule has 0 spiro atoms. The van der Waals surface area contributed by atoms with Crippen molar-refractivity contribution in [1.29, 1.82) is 0 Å². The molecule has 6 nitrogen and oxygen atoms in total. The van der Waals surface area contributed by atoms with E-state index in [0.717, 1.165) is 30.0 Å². The fourth-order valence-electron chi connectivity index (χ4n) is 3.37. The molecule has 148 valence electrons. The molecule has 1 saturated heterocycles. The highest BCUT2D eigenvalue weighted by atomic mass is 16.5. The van der Waals surface area contributed by atoms with Gasteiger partial charge in [-0.3, -0.25) is 14.6 Å². The van der Waals surface area contributed by atoms with E-state index in [1.807, 2.05) is 55.5 Å². The summed E-state index contributed by atoms with van der Waals surface area (Å²) >= 11 is 0. The number of carbonyl (C=O) groups is 2. The lowest BCUT2D eigenvalue weighted by Gasteiger charge is -2.32. The molecule has 1 aliphatic rings. The summed E-state index contributed by atoms with van der Waals surface area (Å²) in [5.41, 5.74) is 1.77. The van der Waals surface area contributed by atoms with E-state index < -0.39 is 0 Å². The van der Waals surface area contributed by atoms with Gasteiger partial charge in [-0.05, 0) is 44.0 Å². The maximum Gasteiger partial charge on any atom is 0.226 e. The zero-order valence-electron chi connectivity index (χ0n) is 16.3. The van der Waals surface area contributed by atoms with Crippen molar-refractivity contribution in [2.45, 2.75) is 32.7 Å². The number of aromatic nitrogens is 1. The first-order valence-corrected chi connectivity index (χ1v) is 9.77. The standard InChI is InChI=1S/C22H27N3O3/c1-17-7-5-9-19(24-17)15-23-22(27)18-8-6-13-25(16-18)21(26)12-14-28-20-10-3-2-4-11-20/h2-5,7,9-11,18H,6,8,12-16H2,1H3,(H,23,27). The molecule has 1 atom stereocenters. The number of pyridine rings is 1. The minimum absolute atomic E-state index is 0.0126. The highest BCUT2D eigenvalue weighted by Gasteiger charge is 2.28. The van der Waals surface area contributed by atoms with Crippen molar-refractivity contribution < 1.29 is 14.3 Å². The van der Waals surface area contributed by atoms with Crippen molar-refractivity contribution >= 4 is 11.8 Å². The molecule has 2 amide bonds. The van der Waals surface area contributed by atoms with Crippen molar-refractivity contribution in [3.8, 4) is 5.75 Å². The number of hydrogen-bond acceptors (Lipinski definition) is 4. The van der Waals surface area contributed by atoms with Gasteiger partial charge in [0.2, 0.25) is 11.8 Å². The van der Waals surface area contributed by atoms with Crippen LogP contribution >= 0.6 is 0 Å². The normalized spacial score (nSPS) is 16.5. The third kappa shape index (κ3) is 5.81. The summed E-state index contributed by atoms with van der Waals surface area (Å²) in [6.45, 7) is 3.85. The zero-order valence-corrected chi connectivity index (χ0v) is 16.3. The highest BCUT2D eigenvalue weighted by Crippen LogP contribution is 2.18. The van der Waals surface area contributed by atoms with Crippen LogP contribution in [0, 0.1) is 12.8 Å². The van der Waals surface area contributed by atoms with Crippen molar-refractivity contribution in [3.63, 3.8) is 0 Å². The van der Waals surface area contributed by atoms with Gasteiger partial charge in [-0.2, -0.15) is 0 Å². The van der Waals surface area contributed by atoms with Gasteiger partial charge < -0.3 is 15.0 Å². The Hall–Kier alpha value is -2.89. The number of hydrogen-bond donors (Lipinski definition) is 1. The van der Waals surface area contributed by atoms with Crippen LogP contribution in [0.15, 0.2) is 48.5 Å². The van der Waals surface area contributed by atoms with Crippen molar-refractivity contribution in [2.24, 2.45) is 5.92 Å². The summed E-state index contributed by atoms with van der Waals surface area (Å²) in [6.07, 6.45) is 1.96. The molecule has 2 aromatic rings. The van der Waals surface area contributed by atoms with E-state index in [0.29, 0.717) is 32.7 Å². The second-order valence-corrected chi connectivity index (χ2v) is 7.08. The number of benzene rings is 1. The number of para-hydroxylation sites is 1. The summed E-state index contributed by atoms with van der Waals surface area (Å²) in [6, 6.07) is 15.2. The average Bonchev–Trinajstić information content (AvgIpc) is 2.73. The molecule has 1 aliphatic heterocycles. The van der Waals surface area contributed by atoms with Crippen molar-refractivity contribution in [2.75, 3.05) is 19.7 Å². The summed E-state index contributed by atoms with van der Waals surface area (Å²) in [5.74, 6) is 0.614. The fraction of sp³-hybridized carbons (Fsp3) is 0.409. The molecule has 3 rings (SSSR count). The van der Waals surface area contributed by atoms with Crippen LogP contribution in [0.3, 0.4) is 0 Å². The number of piperidine rings is 1. The van der Waals surface area contributed by atoms with E-state index >= 15 is 0 Å². The molecule has 6 heteroatoms. The van der Waals surface area contributed by atoms with E-state index in [9.17, 15) is 9.59 Å². The van der Waals surface area contributed by atoms with Gasteiger partial charge in [0.15, 0.2) is 0 Å². The number of amides is 2. The Balaban J connectivity index is 1.43. The Morgan fingerprint density at radius 3 is 2.79 bits per heavy atom. The second kappa shape index (κ2) is 9.88. The first-order chi connectivity index (χ1) is 13.6. The van der Waals surface area contributed by atoms with Gasteiger partial charge in [0, 0.05) is 18.8 Å². The molecule has 0 saturated carbocycles. The number of ether oxygens (including phenoxy) is 1. The Morgan fingerprint density at radius 1 is 1.18 bits per heavy atom. The lowest BCUT2D eigenvalue weighted by Crippen LogP contribution is -2.45. The Kier molecular flexibility index (Phi) is 7.00. The average molecular weight is 381 g/mol. The number of nitrogens with one attached hydrogen (secondary N) is 1. The van der Waals surface area contributed by atoms with Crippen LogP contribution in [-0.2, 0) is 16.1 Å². The molecule has 1 N–H and O–H groups in total. The van der Waals surface area contributed by atoms with E-state index in [2.05, 4.69) is 10.3 Å². The lowest BCUT2D eigenvalue weighted by molar-refractivity contribution is -0.136. The predicted octanol–water partition coefficient (Wildman–Crippen LogP) is 2.71. The molecule has 1 fully saturated rings. The summed E-state index contributed by atoms with van der Waals surface area (Å²) in [4.78, 5) is 31.2. The minimum Gasteiger partial charge on any atom is -0.493 e. The maximum absolute atomic E-state index is 12.5. The van der Waals surface area contributed by atoms with Crippen LogP contribution in [0.5, 0.6) is 5.75 Å². The minimum atomic E-state index is -0.169. The number of rotatable bonds is 7. The molecule has 0 aliphatic carbocycles. The van der Waals surface area contributed by atoms with Crippen molar-refractivity contribution in [1.82, 2.24) is 15.2 Å². The molecule has 0 radical (unpaired) electrons. The van der Waals surface area contributed by atoms with Crippen molar-refractivity contribution in [3.05, 3.63) is 59.9 Å². The van der Waals surface area contributed by atoms with E-state index in [-0.39, 0.29) is 17.7 Å². The SMILES string of the molecule is Cc1cccc(CNC(=O)C2CCCN(C(=O)CCOc3ccccc3)C2)n1. The van der Waals surface area contributed by atoms with Gasteiger partial charge in [-0.25, -0.2) is 0 Å². The Labute approximate surface area is 165 Å². The number of nitrogens with zero attached hydrogens (tertiary/aromatic N) is 2. The molecule has 2 heterocycles. The molecule has 1 unspecified atom stereocenters. The number of carbonyl (C=O) groups excluding carboxylic acids is 2. The summed E-state index contributed by atoms with van der Waals surface area (Å²) in [5, 5.41) is 2.96. The van der Waals surface area contributed by atoms with Crippen LogP contribution < -0.4 is 10.1 Å². The number of aryl methyl sites for hydroxylation is 1. The molecule has 1 aromatic carbocycles. The number of likely N-dealkylation sites (tertiary alicyclic amines) is 1. The third-order valence-corrected chi connectivity index (χ3v) is 4.86. The molecular formula is C22H27N3O3. The first-order valence-electron chi connectivity index (χ1n) is 9.77. The topological polar surface area (TPSA) is 71.5 Å². The van der Waals surface area contributed by atoms with Crippen LogP contribution in [-0.4, -0.2) is 41.4 Å². The Morgan fingerprint density at radius 2 is 2.00 bits per heavy atom. The molecular weight excluding hydrogens is 354 g/mol. The van der Waals surface area contributed by atoms with E-state index in [1.54, 1.807) is 4.90 Å². The van der Waals surface area contributed by atoms with E-state index in [1.165, 1.54) is 0 Å². The largest absolute Gasteiger partial charge is 0.493 e. The smallest absolute Gasteiger partial charge is 0.226 e. The van der Waals surface area contributed by atoms with Crippen LogP contribution in [0.25, 0.3) is 0 Å². The molecule has 0 bridgehead atoms. The lowest BCUT2D eigenvalue weighted by atomic mass is 9.97. The van der Waals surface area contributed by atoms with Gasteiger partial charge >= 0.3 is 0 Å².